The summed E-state index contributed by atoms with van der Waals surface area (Å²) in [5, 5.41) is 3.19. The third-order valence-corrected chi connectivity index (χ3v) is 3.31. The summed E-state index contributed by atoms with van der Waals surface area (Å²) in [7, 11) is 3.44. The largest absolute Gasteiger partial charge is 0.469 e. The van der Waals surface area contributed by atoms with Crippen molar-refractivity contribution in [2.75, 3.05) is 33.8 Å². The van der Waals surface area contributed by atoms with Crippen LogP contribution in [0.25, 0.3) is 0 Å². The molecule has 1 rings (SSSR count). The minimum Gasteiger partial charge on any atom is -0.469 e. The molecule has 4 heteroatoms. The Morgan fingerprint density at radius 1 is 1.50 bits per heavy atom. The summed E-state index contributed by atoms with van der Waals surface area (Å²) >= 11 is 0. The zero-order valence-electron chi connectivity index (χ0n) is 10.5. The van der Waals surface area contributed by atoms with E-state index in [0.29, 0.717) is 12.5 Å². The van der Waals surface area contributed by atoms with Crippen LogP contribution in [0, 0.1) is 0 Å². The van der Waals surface area contributed by atoms with Gasteiger partial charge in [-0.2, -0.15) is 0 Å². The van der Waals surface area contributed by atoms with E-state index in [4.69, 9.17) is 0 Å². The molecule has 1 aliphatic rings. The number of nitrogens with one attached hydrogen (secondary N) is 1. The third kappa shape index (κ3) is 4.49. The zero-order chi connectivity index (χ0) is 11.8. The first-order chi connectivity index (χ1) is 7.77. The van der Waals surface area contributed by atoms with E-state index >= 15 is 0 Å². The van der Waals surface area contributed by atoms with E-state index in [-0.39, 0.29) is 5.97 Å². The van der Waals surface area contributed by atoms with Crippen molar-refractivity contribution >= 4 is 5.97 Å². The van der Waals surface area contributed by atoms with E-state index in [9.17, 15) is 4.79 Å². The average Bonchev–Trinajstić information content (AvgIpc) is 2.34. The van der Waals surface area contributed by atoms with Gasteiger partial charge in [-0.1, -0.05) is 6.42 Å². The van der Waals surface area contributed by atoms with Gasteiger partial charge in [0.05, 0.1) is 13.5 Å². The van der Waals surface area contributed by atoms with Crippen molar-refractivity contribution in [2.45, 2.75) is 38.1 Å². The summed E-state index contributed by atoms with van der Waals surface area (Å²) in [6.07, 6.45) is 5.55. The van der Waals surface area contributed by atoms with Gasteiger partial charge in [0.1, 0.15) is 0 Å². The summed E-state index contributed by atoms with van der Waals surface area (Å²) in [6, 6.07) is 0.644. The molecule has 0 aliphatic carbocycles. The Hall–Kier alpha value is -0.610. The first-order valence-corrected chi connectivity index (χ1v) is 6.23. The fourth-order valence-electron chi connectivity index (χ4n) is 2.33. The number of carbonyl (C=O) groups is 1. The van der Waals surface area contributed by atoms with E-state index in [1.165, 1.54) is 32.8 Å². The van der Waals surface area contributed by atoms with Crippen LogP contribution in [0.5, 0.6) is 0 Å². The molecule has 1 atom stereocenters. The molecule has 94 valence electrons. The van der Waals surface area contributed by atoms with Crippen LogP contribution in [0.15, 0.2) is 0 Å². The standard InChI is InChI=1S/C12H24N2O2/c1-13-8-6-11-5-3-4-9-14(11)10-7-12(15)16-2/h11,13H,3-10H2,1-2H3. The van der Waals surface area contributed by atoms with Crippen LogP contribution < -0.4 is 5.32 Å². The van der Waals surface area contributed by atoms with Crippen molar-refractivity contribution in [3.63, 3.8) is 0 Å². The molecule has 1 fully saturated rings. The number of ether oxygens (including phenoxy) is 1. The van der Waals surface area contributed by atoms with Gasteiger partial charge >= 0.3 is 5.97 Å². The molecular formula is C12H24N2O2. The Morgan fingerprint density at radius 2 is 2.31 bits per heavy atom. The van der Waals surface area contributed by atoms with Gasteiger partial charge in [0.15, 0.2) is 0 Å². The van der Waals surface area contributed by atoms with Crippen LogP contribution in [0.3, 0.4) is 0 Å². The lowest BCUT2D eigenvalue weighted by Crippen LogP contribution is -2.42. The second-order valence-corrected chi connectivity index (χ2v) is 4.40. The van der Waals surface area contributed by atoms with Gasteiger partial charge in [0.2, 0.25) is 0 Å². The smallest absolute Gasteiger partial charge is 0.306 e. The molecule has 0 aromatic heterocycles. The number of piperidine rings is 1. The van der Waals surface area contributed by atoms with Crippen molar-refractivity contribution in [1.29, 1.82) is 0 Å². The molecular weight excluding hydrogens is 204 g/mol. The zero-order valence-corrected chi connectivity index (χ0v) is 10.5. The fourth-order valence-corrected chi connectivity index (χ4v) is 2.33. The van der Waals surface area contributed by atoms with Crippen molar-refractivity contribution in [3.8, 4) is 0 Å². The third-order valence-electron chi connectivity index (χ3n) is 3.31. The Kier molecular flexibility index (Phi) is 6.42. The van der Waals surface area contributed by atoms with Crippen LogP contribution in [0.4, 0.5) is 0 Å². The summed E-state index contributed by atoms with van der Waals surface area (Å²) in [5.74, 6) is -0.0991. The molecule has 1 heterocycles. The van der Waals surface area contributed by atoms with Gasteiger partial charge in [-0.05, 0) is 39.4 Å². The van der Waals surface area contributed by atoms with E-state index in [0.717, 1.165) is 19.6 Å². The summed E-state index contributed by atoms with van der Waals surface area (Å²) in [5.41, 5.74) is 0. The van der Waals surface area contributed by atoms with Gasteiger partial charge in [-0.25, -0.2) is 0 Å². The van der Waals surface area contributed by atoms with Crippen LogP contribution in [0.1, 0.15) is 32.1 Å². The number of methoxy groups -OCH3 is 1. The highest BCUT2D eigenvalue weighted by atomic mass is 16.5. The lowest BCUT2D eigenvalue weighted by Gasteiger charge is -2.35. The van der Waals surface area contributed by atoms with Gasteiger partial charge < -0.3 is 10.1 Å². The van der Waals surface area contributed by atoms with Crippen molar-refractivity contribution in [1.82, 2.24) is 10.2 Å². The highest BCUT2D eigenvalue weighted by Gasteiger charge is 2.22. The number of esters is 1. The number of nitrogens with zero attached hydrogens (tertiary/aromatic N) is 1. The number of hydrogen-bond acceptors (Lipinski definition) is 4. The Morgan fingerprint density at radius 3 is 3.00 bits per heavy atom. The van der Waals surface area contributed by atoms with Gasteiger partial charge in [0.25, 0.3) is 0 Å². The lowest BCUT2D eigenvalue weighted by molar-refractivity contribution is -0.141. The minimum atomic E-state index is -0.0991. The van der Waals surface area contributed by atoms with Gasteiger partial charge in [0, 0.05) is 12.6 Å². The number of hydrogen-bond donors (Lipinski definition) is 1. The Bertz CT molecular complexity index is 209. The molecule has 16 heavy (non-hydrogen) atoms. The topological polar surface area (TPSA) is 41.6 Å². The fraction of sp³-hybridized carbons (Fsp3) is 0.917. The second kappa shape index (κ2) is 7.63. The summed E-state index contributed by atoms with van der Waals surface area (Å²) in [4.78, 5) is 13.6. The van der Waals surface area contributed by atoms with Gasteiger partial charge in [-0.15, -0.1) is 0 Å². The maximum atomic E-state index is 11.1. The van der Waals surface area contributed by atoms with E-state index < -0.39 is 0 Å². The van der Waals surface area contributed by atoms with Crippen molar-refractivity contribution in [2.24, 2.45) is 0 Å². The molecule has 1 saturated heterocycles. The molecule has 0 radical (unpaired) electrons. The van der Waals surface area contributed by atoms with Crippen molar-refractivity contribution in [3.05, 3.63) is 0 Å². The summed E-state index contributed by atoms with van der Waals surface area (Å²) < 4.78 is 4.68. The highest BCUT2D eigenvalue weighted by Crippen LogP contribution is 2.19. The average molecular weight is 228 g/mol. The normalized spacial score (nSPS) is 22.0. The molecule has 0 aromatic carbocycles. The van der Waals surface area contributed by atoms with E-state index in [1.54, 1.807) is 0 Å². The molecule has 0 saturated carbocycles. The first kappa shape index (κ1) is 13.5. The second-order valence-electron chi connectivity index (χ2n) is 4.40. The maximum absolute atomic E-state index is 11.1. The van der Waals surface area contributed by atoms with Crippen LogP contribution in [-0.4, -0.2) is 50.7 Å². The molecule has 0 aromatic rings. The van der Waals surface area contributed by atoms with Gasteiger partial charge in [-0.3, -0.25) is 9.69 Å². The number of likely N-dealkylation sites (tertiary alicyclic amines) is 1. The quantitative estimate of drug-likeness (QED) is 0.689. The molecule has 4 nitrogen and oxygen atoms in total. The number of rotatable bonds is 6. The monoisotopic (exact) mass is 228 g/mol. The molecule has 0 spiro atoms. The van der Waals surface area contributed by atoms with Crippen LogP contribution >= 0.6 is 0 Å². The summed E-state index contributed by atoms with van der Waals surface area (Å²) in [6.45, 7) is 3.03. The Labute approximate surface area is 98.3 Å². The molecule has 1 N–H and O–H groups in total. The number of carbonyl (C=O) groups excluding carboxylic acids is 1. The Balaban J connectivity index is 2.31. The predicted octanol–water partition coefficient (Wildman–Crippen LogP) is 1.01. The minimum absolute atomic E-state index is 0.0991. The highest BCUT2D eigenvalue weighted by molar-refractivity contribution is 5.69. The lowest BCUT2D eigenvalue weighted by atomic mass is 9.99. The van der Waals surface area contributed by atoms with Crippen molar-refractivity contribution < 1.29 is 9.53 Å². The SMILES string of the molecule is CNCCC1CCCCN1CCC(=O)OC. The van der Waals surface area contributed by atoms with Crippen LogP contribution in [0.2, 0.25) is 0 Å². The molecule has 0 amide bonds. The van der Waals surface area contributed by atoms with Crippen LogP contribution in [-0.2, 0) is 9.53 Å². The molecule has 1 aliphatic heterocycles. The maximum Gasteiger partial charge on any atom is 0.306 e. The van der Waals surface area contributed by atoms with E-state index in [2.05, 4.69) is 15.0 Å². The molecule has 0 bridgehead atoms. The predicted molar refractivity (Wildman–Crippen MR) is 64.4 cm³/mol. The first-order valence-electron chi connectivity index (χ1n) is 6.23. The van der Waals surface area contributed by atoms with E-state index in [1.807, 2.05) is 7.05 Å². The molecule has 1 unspecified atom stereocenters.